The second-order valence-corrected chi connectivity index (χ2v) is 25.7. The smallest absolute Gasteiger partial charge is 0.307 e. The first kappa shape index (κ1) is 52.7. The fourth-order valence-electron chi connectivity index (χ4n) is 10.4. The molecule has 2 saturated carbocycles. The van der Waals surface area contributed by atoms with E-state index >= 15 is 0 Å². The Morgan fingerprint density at radius 2 is 1.03 bits per heavy atom. The van der Waals surface area contributed by atoms with Gasteiger partial charge >= 0.3 is 5.97 Å². The lowest BCUT2D eigenvalue weighted by Crippen LogP contribution is -2.44. The van der Waals surface area contributed by atoms with Gasteiger partial charge in [-0.05, 0) is 99.6 Å². The number of aromatic nitrogens is 4. The minimum atomic E-state index is -3.86. The highest BCUT2D eigenvalue weighted by Crippen LogP contribution is 2.40. The molecule has 4 fully saturated rings. The van der Waals surface area contributed by atoms with Gasteiger partial charge in [-0.25, -0.2) is 44.4 Å². The minimum absolute atomic E-state index is 0.0380. The molecule has 69 heavy (non-hydrogen) atoms. The molecular weight excluding hydrogens is 939 g/mol. The van der Waals surface area contributed by atoms with Crippen molar-refractivity contribution in [2.45, 2.75) is 164 Å². The molecule has 20 heteroatoms. The molecule has 2 aliphatic heterocycles. The average molecular weight is 1010 g/mol. The van der Waals surface area contributed by atoms with Gasteiger partial charge in [-0.15, -0.1) is 0 Å². The number of nitrogens with one attached hydrogen (secondary N) is 1. The number of carboxylic acids is 1. The van der Waals surface area contributed by atoms with Gasteiger partial charge < -0.3 is 19.6 Å². The summed E-state index contributed by atoms with van der Waals surface area (Å²) in [6.45, 7) is 14.2. The number of carbonyl (C=O) groups is 2. The Balaban J connectivity index is 0.000000204. The number of hydrogen-bond acceptors (Lipinski definition) is 8. The molecule has 2 saturated heterocycles. The number of amides is 1. The third kappa shape index (κ3) is 11.8. The van der Waals surface area contributed by atoms with Gasteiger partial charge in [0.05, 0.1) is 43.7 Å². The number of piperidine rings is 2. The van der Waals surface area contributed by atoms with E-state index < -0.39 is 43.8 Å². The van der Waals surface area contributed by atoms with Crippen LogP contribution in [0, 0.1) is 23.7 Å². The lowest BCUT2D eigenvalue weighted by atomic mass is 9.86. The van der Waals surface area contributed by atoms with E-state index in [1.54, 1.807) is 43.4 Å². The van der Waals surface area contributed by atoms with E-state index in [2.05, 4.69) is 14.5 Å². The highest BCUT2D eigenvalue weighted by molar-refractivity contribution is 7.89. The number of imidazole rings is 2. The number of nitrogens with zero attached hydrogens (tertiary/aromatic N) is 6. The third-order valence-corrected chi connectivity index (χ3v) is 18.1. The predicted octanol–water partition coefficient (Wildman–Crippen LogP) is 8.95. The van der Waals surface area contributed by atoms with Crippen molar-refractivity contribution in [3.05, 3.63) is 48.0 Å². The largest absolute Gasteiger partial charge is 0.481 e. The molecule has 382 valence electrons. The van der Waals surface area contributed by atoms with Crippen LogP contribution < -0.4 is 5.32 Å². The highest BCUT2D eigenvalue weighted by atomic mass is 32.2. The molecule has 2 N–H and O–H groups in total. The summed E-state index contributed by atoms with van der Waals surface area (Å²) in [4.78, 5) is 33.3. The summed E-state index contributed by atoms with van der Waals surface area (Å²) in [6.07, 6.45) is 3.68. The Morgan fingerprint density at radius 1 is 0.652 bits per heavy atom. The molecule has 4 aromatic rings. The third-order valence-electron chi connectivity index (χ3n) is 14.3. The van der Waals surface area contributed by atoms with Crippen molar-refractivity contribution in [2.24, 2.45) is 23.7 Å². The Bertz CT molecular complexity index is 2740. The summed E-state index contributed by atoms with van der Waals surface area (Å²) < 4.78 is 115. The van der Waals surface area contributed by atoms with Crippen LogP contribution in [0.3, 0.4) is 0 Å². The molecule has 4 aliphatic rings. The van der Waals surface area contributed by atoms with Gasteiger partial charge in [0, 0.05) is 82.8 Å². The first-order valence-corrected chi connectivity index (χ1v) is 27.2. The number of fused-ring (bicyclic) bond motifs is 2. The Hall–Kier alpha value is -4.14. The molecule has 2 aromatic carbocycles. The molecule has 0 unspecified atom stereocenters. The molecule has 2 aromatic heterocycles. The van der Waals surface area contributed by atoms with Crippen LogP contribution in [0.4, 0.5) is 17.6 Å². The topological polar surface area (TPSA) is 177 Å². The molecule has 8 rings (SSSR count). The number of alkyl halides is 4. The van der Waals surface area contributed by atoms with Crippen LogP contribution in [0.5, 0.6) is 0 Å². The van der Waals surface area contributed by atoms with Gasteiger partial charge in [-0.2, -0.15) is 8.61 Å². The van der Waals surface area contributed by atoms with Crippen LogP contribution in [-0.4, -0.2) is 107 Å². The summed E-state index contributed by atoms with van der Waals surface area (Å²) in [5.41, 5.74) is 2.09. The van der Waals surface area contributed by atoms with Crippen molar-refractivity contribution in [2.75, 3.05) is 33.2 Å². The van der Waals surface area contributed by atoms with E-state index in [1.807, 2.05) is 41.5 Å². The van der Waals surface area contributed by atoms with Gasteiger partial charge in [0.1, 0.15) is 11.6 Å². The van der Waals surface area contributed by atoms with Crippen molar-refractivity contribution < 1.29 is 49.1 Å². The van der Waals surface area contributed by atoms with Crippen LogP contribution >= 0.6 is 0 Å². The number of aliphatic carboxylic acids is 1. The predicted molar refractivity (Wildman–Crippen MR) is 255 cm³/mol. The first-order valence-electron chi connectivity index (χ1n) is 24.3. The molecule has 1 amide bonds. The van der Waals surface area contributed by atoms with Crippen LogP contribution in [-0.2, 0) is 53.6 Å². The van der Waals surface area contributed by atoms with E-state index in [0.717, 1.165) is 22.7 Å². The Labute approximate surface area is 403 Å². The fraction of sp³-hybridized carbons (Fsp3) is 0.673. The summed E-state index contributed by atoms with van der Waals surface area (Å²) in [5.74, 6) is -5.50. The molecule has 2 aliphatic carbocycles. The second kappa shape index (κ2) is 19.8. The summed E-state index contributed by atoms with van der Waals surface area (Å²) >= 11 is 0. The molecule has 4 heterocycles. The van der Waals surface area contributed by atoms with Crippen LogP contribution in [0.15, 0.2) is 46.2 Å². The number of carbonyl (C=O) groups excluding carboxylic acids is 1. The normalized spacial score (nSPS) is 22.6. The lowest BCUT2D eigenvalue weighted by molar-refractivity contribution is -0.142. The number of rotatable bonds is 10. The van der Waals surface area contributed by atoms with Gasteiger partial charge in [0.2, 0.25) is 37.8 Å². The van der Waals surface area contributed by atoms with E-state index in [0.29, 0.717) is 82.0 Å². The molecule has 14 nitrogen and oxygen atoms in total. The van der Waals surface area contributed by atoms with Crippen molar-refractivity contribution in [3.8, 4) is 0 Å². The number of hydrogen-bond donors (Lipinski definition) is 2. The van der Waals surface area contributed by atoms with Crippen molar-refractivity contribution in [3.63, 3.8) is 0 Å². The summed E-state index contributed by atoms with van der Waals surface area (Å²) in [5, 5.41) is 11.9. The van der Waals surface area contributed by atoms with Crippen molar-refractivity contribution in [1.82, 2.24) is 33.0 Å². The van der Waals surface area contributed by atoms with Gasteiger partial charge in [0.15, 0.2) is 0 Å². The first-order chi connectivity index (χ1) is 32.1. The van der Waals surface area contributed by atoms with E-state index in [-0.39, 0.29) is 89.6 Å². The van der Waals surface area contributed by atoms with E-state index in [1.165, 1.54) is 8.61 Å². The monoisotopic (exact) mass is 1010 g/mol. The van der Waals surface area contributed by atoms with Crippen molar-refractivity contribution >= 4 is 54.0 Å². The molecular formula is C49H69F4N7O7S2. The molecule has 0 spiro atoms. The zero-order valence-corrected chi connectivity index (χ0v) is 42.5. The molecule has 0 bridgehead atoms. The number of benzene rings is 2. The Morgan fingerprint density at radius 3 is 1.39 bits per heavy atom. The van der Waals surface area contributed by atoms with Crippen LogP contribution in [0.1, 0.15) is 130 Å². The van der Waals surface area contributed by atoms with Gasteiger partial charge in [-0.3, -0.25) is 9.59 Å². The van der Waals surface area contributed by atoms with Crippen molar-refractivity contribution in [1.29, 1.82) is 0 Å². The molecule has 0 radical (unpaired) electrons. The number of carboxylic acid groups (broad SMARTS) is 1. The molecule has 2 atom stereocenters. The lowest BCUT2D eigenvalue weighted by Gasteiger charge is -2.31. The SMILES string of the molecule is CC(C)(C)c1nc2cc(S(=O)(=O)N3CCC[C@H](C(=O)O)C3)ccc2n1CC1CCC(F)(F)CC1.CNC(=O)[C@H]1CCCN(S(=O)(=O)c2ccc3c(c2)nc(C(C)(C)C)n3CC2CCC(F)(F)CC2)C1. The fourth-order valence-corrected chi connectivity index (χ4v) is 13.5. The standard InChI is InChI=1S/C25H36F2N4O3S.C24H33F2N3O4S/c1-24(2,3)23-29-20-14-19(35(33,34)30-13-5-6-18(16-30)22(32)28-4)7-8-21(20)31(23)15-17-9-11-25(26,27)12-10-17;1-23(2,3)22-27-19-13-18(34(32,33)28-12-4-5-17(15-28)21(30)31)6-7-20(19)29(22)14-16-8-10-24(25,26)11-9-16/h7-8,14,17-18H,5-6,9-13,15-16H2,1-4H3,(H,28,32);6-7,13,16-17H,4-5,8-12,14-15H2,1-3H3,(H,30,31)/t18-;17-/m00/s1. The maximum Gasteiger partial charge on any atom is 0.307 e. The number of halogens is 4. The van der Waals surface area contributed by atoms with E-state index in [9.17, 15) is 49.1 Å². The summed E-state index contributed by atoms with van der Waals surface area (Å²) in [6, 6.07) is 9.82. The second-order valence-electron chi connectivity index (χ2n) is 21.8. The maximum absolute atomic E-state index is 13.7. The Kier molecular flexibility index (Phi) is 15.1. The number of sulfonamides is 2. The van der Waals surface area contributed by atoms with Gasteiger partial charge in [0.25, 0.3) is 0 Å². The van der Waals surface area contributed by atoms with E-state index in [4.69, 9.17) is 9.97 Å². The quantitative estimate of drug-likeness (QED) is 0.147. The van der Waals surface area contributed by atoms with Crippen LogP contribution in [0.2, 0.25) is 0 Å². The highest BCUT2D eigenvalue weighted by Gasteiger charge is 2.39. The maximum atomic E-state index is 13.7. The van der Waals surface area contributed by atoms with Gasteiger partial charge in [-0.1, -0.05) is 41.5 Å². The summed E-state index contributed by atoms with van der Waals surface area (Å²) in [7, 11) is -6.09. The average Bonchev–Trinajstić information content (AvgIpc) is 3.86. The minimum Gasteiger partial charge on any atom is -0.481 e. The zero-order valence-electron chi connectivity index (χ0n) is 40.9. The zero-order chi connectivity index (χ0) is 50.5. The van der Waals surface area contributed by atoms with Crippen LogP contribution in [0.25, 0.3) is 22.1 Å².